The number of nitrogens with one attached hydrogen (secondary N) is 1. The average Bonchev–Trinajstić information content (AvgIpc) is 2.97. The Labute approximate surface area is 155 Å². The summed E-state index contributed by atoms with van der Waals surface area (Å²) in [5.41, 5.74) is 1.60. The first kappa shape index (κ1) is 18.3. The Hall–Kier alpha value is -2.51. The first-order valence-corrected chi connectivity index (χ1v) is 8.99. The Morgan fingerprint density at radius 2 is 1.88 bits per heavy atom. The molecule has 1 unspecified atom stereocenters. The lowest BCUT2D eigenvalue weighted by atomic mass is 10.1. The Balaban J connectivity index is 1.56. The van der Waals surface area contributed by atoms with E-state index in [2.05, 4.69) is 5.32 Å². The van der Waals surface area contributed by atoms with Crippen LogP contribution in [0.3, 0.4) is 0 Å². The van der Waals surface area contributed by atoms with E-state index in [0.717, 1.165) is 17.3 Å². The molecular weight excluding hydrogens is 354 g/mol. The Bertz CT molecular complexity index is 793. The largest absolute Gasteiger partial charge is 0.496 e. The number of imide groups is 1. The topological polar surface area (TPSA) is 84.9 Å². The van der Waals surface area contributed by atoms with Gasteiger partial charge in [-0.15, -0.1) is 0 Å². The molecule has 7 heteroatoms. The van der Waals surface area contributed by atoms with Crippen LogP contribution in [0.5, 0.6) is 11.5 Å². The monoisotopic (exact) mass is 373 g/mol. The molecule has 1 saturated heterocycles. The molecule has 2 N–H and O–H groups in total. The van der Waals surface area contributed by atoms with Gasteiger partial charge in [0, 0.05) is 5.56 Å². The van der Waals surface area contributed by atoms with Crippen LogP contribution in [-0.2, 0) is 11.2 Å². The molecule has 0 radical (unpaired) electrons. The van der Waals surface area contributed by atoms with Crippen LogP contribution in [0.1, 0.15) is 17.2 Å². The van der Waals surface area contributed by atoms with Gasteiger partial charge in [0.05, 0.1) is 12.4 Å². The van der Waals surface area contributed by atoms with E-state index in [4.69, 9.17) is 9.47 Å². The van der Waals surface area contributed by atoms with Crippen molar-refractivity contribution in [2.24, 2.45) is 0 Å². The number of carbonyl (C=O) groups excluding carboxylic acids is 2. The molecule has 1 fully saturated rings. The van der Waals surface area contributed by atoms with Crippen LogP contribution in [0.25, 0.3) is 0 Å². The molecule has 2 aromatic carbocycles. The second-order valence-electron chi connectivity index (χ2n) is 5.80. The molecular formula is C19H19NO5S. The molecule has 6 nitrogen and oxygen atoms in total. The summed E-state index contributed by atoms with van der Waals surface area (Å²) in [6.07, 6.45) is -0.331. The summed E-state index contributed by atoms with van der Waals surface area (Å²) in [6.45, 7) is 0.0924. The quantitative estimate of drug-likeness (QED) is 0.776. The van der Waals surface area contributed by atoms with Crippen molar-refractivity contribution in [1.29, 1.82) is 0 Å². The summed E-state index contributed by atoms with van der Waals surface area (Å²) >= 11 is 1.01. The van der Waals surface area contributed by atoms with Gasteiger partial charge in [-0.3, -0.25) is 14.9 Å². The van der Waals surface area contributed by atoms with Gasteiger partial charge in [-0.2, -0.15) is 0 Å². The van der Waals surface area contributed by atoms with E-state index >= 15 is 0 Å². The van der Waals surface area contributed by atoms with E-state index < -0.39 is 6.10 Å². The van der Waals surface area contributed by atoms with Crippen LogP contribution in [0.2, 0.25) is 0 Å². The molecule has 136 valence electrons. The maximum absolute atomic E-state index is 11.6. The lowest BCUT2D eigenvalue weighted by molar-refractivity contribution is -0.118. The fourth-order valence-electron chi connectivity index (χ4n) is 2.67. The summed E-state index contributed by atoms with van der Waals surface area (Å²) in [4.78, 5) is 22.8. The highest BCUT2D eigenvalue weighted by Crippen LogP contribution is 2.26. The van der Waals surface area contributed by atoms with Crippen LogP contribution < -0.4 is 14.8 Å². The van der Waals surface area contributed by atoms with Crippen molar-refractivity contribution in [2.75, 3.05) is 13.7 Å². The number of hydrogen-bond donors (Lipinski definition) is 2. The zero-order valence-electron chi connectivity index (χ0n) is 14.2. The normalized spacial score (nSPS) is 17.7. The fraction of sp³-hybridized carbons (Fsp3) is 0.263. The minimum absolute atomic E-state index is 0.0924. The number of hydrogen-bond acceptors (Lipinski definition) is 6. The molecule has 0 spiro atoms. The first-order valence-electron chi connectivity index (χ1n) is 8.11. The number of amides is 2. The van der Waals surface area contributed by atoms with Crippen molar-refractivity contribution in [2.45, 2.75) is 17.8 Å². The predicted molar refractivity (Wildman–Crippen MR) is 98.5 cm³/mol. The van der Waals surface area contributed by atoms with Gasteiger partial charge in [-0.25, -0.2) is 0 Å². The Kier molecular flexibility index (Phi) is 5.80. The number of para-hydroxylation sites is 1. The molecule has 0 aliphatic carbocycles. The minimum Gasteiger partial charge on any atom is -0.496 e. The highest BCUT2D eigenvalue weighted by molar-refractivity contribution is 8.15. The molecule has 1 aliphatic heterocycles. The average molecular weight is 373 g/mol. The smallest absolute Gasteiger partial charge is 0.286 e. The standard InChI is InChI=1S/C19H19NO5S/c1-24-16-5-3-2-4-14(16)15(21)11-25-13-8-6-12(7-9-13)10-17-18(22)20-19(23)26-17/h2-9,15,17,21H,10-11H2,1H3,(H,20,22,23)/t15-,17?/m0/s1. The zero-order valence-corrected chi connectivity index (χ0v) is 15.0. The van der Waals surface area contributed by atoms with E-state index in [-0.39, 0.29) is 23.0 Å². The maximum Gasteiger partial charge on any atom is 0.286 e. The number of thioether (sulfide) groups is 1. The van der Waals surface area contributed by atoms with Crippen molar-refractivity contribution in [1.82, 2.24) is 5.32 Å². The third-order valence-corrected chi connectivity index (χ3v) is 5.00. The summed E-state index contributed by atoms with van der Waals surface area (Å²) in [6, 6.07) is 14.5. The Morgan fingerprint density at radius 3 is 2.54 bits per heavy atom. The molecule has 0 saturated carbocycles. The highest BCUT2D eigenvalue weighted by Gasteiger charge is 2.31. The van der Waals surface area contributed by atoms with E-state index in [1.807, 2.05) is 24.3 Å². The molecule has 3 rings (SSSR count). The number of ether oxygens (including phenoxy) is 2. The summed E-state index contributed by atoms with van der Waals surface area (Å²) < 4.78 is 10.9. The van der Waals surface area contributed by atoms with Gasteiger partial charge in [0.1, 0.15) is 24.2 Å². The fourth-order valence-corrected chi connectivity index (χ4v) is 3.53. The predicted octanol–water partition coefficient (Wildman–Crippen LogP) is 2.70. The molecule has 2 amide bonds. The first-order chi connectivity index (χ1) is 12.6. The van der Waals surface area contributed by atoms with Crippen LogP contribution >= 0.6 is 11.8 Å². The minimum atomic E-state index is -0.810. The van der Waals surface area contributed by atoms with Crippen molar-refractivity contribution in [3.63, 3.8) is 0 Å². The summed E-state index contributed by atoms with van der Waals surface area (Å²) in [7, 11) is 1.56. The summed E-state index contributed by atoms with van der Waals surface area (Å²) in [5.74, 6) is 0.975. The molecule has 1 aliphatic rings. The molecule has 0 aromatic heterocycles. The molecule has 2 aromatic rings. The molecule has 1 heterocycles. The second kappa shape index (κ2) is 8.25. The maximum atomic E-state index is 11.6. The number of carbonyl (C=O) groups is 2. The van der Waals surface area contributed by atoms with Gasteiger partial charge in [0.15, 0.2) is 0 Å². The lowest BCUT2D eigenvalue weighted by Crippen LogP contribution is -2.25. The SMILES string of the molecule is COc1ccccc1[C@@H](O)COc1ccc(CC2SC(=O)NC2=O)cc1. The number of rotatable bonds is 7. The van der Waals surface area contributed by atoms with Gasteiger partial charge in [-0.1, -0.05) is 42.1 Å². The van der Waals surface area contributed by atoms with Crippen molar-refractivity contribution < 1.29 is 24.2 Å². The van der Waals surface area contributed by atoms with E-state index in [1.165, 1.54) is 0 Å². The van der Waals surface area contributed by atoms with Gasteiger partial charge in [0.25, 0.3) is 5.24 Å². The van der Waals surface area contributed by atoms with Gasteiger partial charge in [0.2, 0.25) is 5.91 Å². The number of benzene rings is 2. The molecule has 2 atom stereocenters. The van der Waals surface area contributed by atoms with E-state index in [9.17, 15) is 14.7 Å². The van der Waals surface area contributed by atoms with Crippen molar-refractivity contribution in [3.8, 4) is 11.5 Å². The Morgan fingerprint density at radius 1 is 1.15 bits per heavy atom. The van der Waals surface area contributed by atoms with E-state index in [0.29, 0.717) is 23.5 Å². The number of methoxy groups -OCH3 is 1. The third kappa shape index (κ3) is 4.36. The molecule has 0 bridgehead atoms. The van der Waals surface area contributed by atoms with Gasteiger partial charge in [-0.05, 0) is 30.2 Å². The van der Waals surface area contributed by atoms with Gasteiger partial charge < -0.3 is 14.6 Å². The highest BCUT2D eigenvalue weighted by atomic mass is 32.2. The van der Waals surface area contributed by atoms with E-state index in [1.54, 1.807) is 31.4 Å². The second-order valence-corrected chi connectivity index (χ2v) is 6.98. The van der Waals surface area contributed by atoms with Gasteiger partial charge >= 0.3 is 0 Å². The molecule has 26 heavy (non-hydrogen) atoms. The number of aliphatic hydroxyl groups is 1. The van der Waals surface area contributed by atoms with Crippen molar-refractivity contribution in [3.05, 3.63) is 59.7 Å². The van der Waals surface area contributed by atoms with Crippen molar-refractivity contribution >= 4 is 22.9 Å². The lowest BCUT2D eigenvalue weighted by Gasteiger charge is -2.15. The van der Waals surface area contributed by atoms with Crippen LogP contribution in [0.15, 0.2) is 48.5 Å². The van der Waals surface area contributed by atoms with Crippen LogP contribution in [0.4, 0.5) is 4.79 Å². The summed E-state index contributed by atoms with van der Waals surface area (Å²) in [5, 5.41) is 11.9. The number of aliphatic hydroxyl groups excluding tert-OH is 1. The van der Waals surface area contributed by atoms with Crippen LogP contribution in [-0.4, -0.2) is 35.2 Å². The third-order valence-electron chi connectivity index (χ3n) is 4.02. The van der Waals surface area contributed by atoms with Crippen LogP contribution in [0, 0.1) is 0 Å². The zero-order chi connectivity index (χ0) is 18.5.